The van der Waals surface area contributed by atoms with Gasteiger partial charge in [0.25, 0.3) is 5.91 Å². The second-order valence-corrected chi connectivity index (χ2v) is 6.54. The smallest absolute Gasteiger partial charge is 0.254 e. The summed E-state index contributed by atoms with van der Waals surface area (Å²) >= 11 is 1.86. The molecule has 104 valence electrons. The Bertz CT molecular complexity index is 475. The summed E-state index contributed by atoms with van der Waals surface area (Å²) in [5, 5.41) is 5.44. The molecule has 1 fully saturated rings. The molecule has 0 aromatic carbocycles. The van der Waals surface area contributed by atoms with E-state index in [0.29, 0.717) is 6.54 Å². The number of anilines is 1. The average molecular weight is 283 g/mol. The summed E-state index contributed by atoms with van der Waals surface area (Å²) in [5.41, 5.74) is 0.0333. The Morgan fingerprint density at radius 1 is 1.63 bits per heavy atom. The van der Waals surface area contributed by atoms with Crippen LogP contribution in [-0.2, 0) is 0 Å². The number of thioether (sulfide) groups is 1. The quantitative estimate of drug-likeness (QED) is 0.890. The first kappa shape index (κ1) is 14.1. The van der Waals surface area contributed by atoms with E-state index >= 15 is 0 Å². The van der Waals surface area contributed by atoms with Crippen molar-refractivity contribution in [2.75, 3.05) is 24.7 Å². The fraction of sp³-hybridized carbons (Fsp3) is 0.538. The maximum absolute atomic E-state index is 13.9. The minimum Gasteiger partial charge on any atom is -0.371 e. The highest BCUT2D eigenvalue weighted by molar-refractivity contribution is 8.00. The lowest BCUT2D eigenvalue weighted by Crippen LogP contribution is -2.37. The van der Waals surface area contributed by atoms with Gasteiger partial charge in [-0.05, 0) is 31.6 Å². The Morgan fingerprint density at radius 3 is 3.05 bits per heavy atom. The number of halogens is 1. The molecule has 1 saturated heterocycles. The number of nitrogens with one attached hydrogen (secondary N) is 2. The molecule has 1 atom stereocenters. The minimum absolute atomic E-state index is 0.0333. The highest BCUT2D eigenvalue weighted by Crippen LogP contribution is 2.37. The van der Waals surface area contributed by atoms with Crippen LogP contribution in [-0.4, -0.2) is 35.0 Å². The first-order chi connectivity index (χ1) is 9.06. The summed E-state index contributed by atoms with van der Waals surface area (Å²) in [6, 6.07) is 1.40. The molecule has 1 unspecified atom stereocenters. The molecule has 0 aliphatic carbocycles. The van der Waals surface area contributed by atoms with E-state index in [1.54, 1.807) is 7.05 Å². The van der Waals surface area contributed by atoms with Crippen molar-refractivity contribution < 1.29 is 9.18 Å². The topological polar surface area (TPSA) is 54.0 Å². The van der Waals surface area contributed by atoms with E-state index in [1.807, 2.05) is 11.8 Å². The van der Waals surface area contributed by atoms with Crippen LogP contribution in [0.1, 0.15) is 30.1 Å². The standard InChI is InChI=1S/C13H18FN3OS/c1-13(5-3-7-19-13)8-17-12(18)9-4-6-16-11(15-2)10(9)14/h4,6H,3,5,7-8H2,1-2H3,(H,15,16)(H,17,18). The summed E-state index contributed by atoms with van der Waals surface area (Å²) in [6.07, 6.45) is 3.68. The molecule has 2 rings (SSSR count). The minimum atomic E-state index is -0.605. The van der Waals surface area contributed by atoms with E-state index in [4.69, 9.17) is 0 Å². The highest BCUT2D eigenvalue weighted by atomic mass is 32.2. The van der Waals surface area contributed by atoms with Gasteiger partial charge < -0.3 is 10.6 Å². The van der Waals surface area contributed by atoms with Crippen molar-refractivity contribution in [2.24, 2.45) is 0 Å². The third kappa shape index (κ3) is 3.18. The lowest BCUT2D eigenvalue weighted by atomic mass is 10.1. The zero-order valence-corrected chi connectivity index (χ0v) is 11.9. The van der Waals surface area contributed by atoms with E-state index in [1.165, 1.54) is 18.7 Å². The fourth-order valence-electron chi connectivity index (χ4n) is 2.13. The molecule has 1 amide bonds. The maximum Gasteiger partial charge on any atom is 0.254 e. The van der Waals surface area contributed by atoms with Gasteiger partial charge in [-0.15, -0.1) is 0 Å². The zero-order chi connectivity index (χ0) is 13.9. The van der Waals surface area contributed by atoms with Gasteiger partial charge in [0, 0.05) is 24.5 Å². The molecule has 6 heteroatoms. The van der Waals surface area contributed by atoms with Gasteiger partial charge in [0.1, 0.15) is 0 Å². The van der Waals surface area contributed by atoms with Gasteiger partial charge >= 0.3 is 0 Å². The summed E-state index contributed by atoms with van der Waals surface area (Å²) in [6.45, 7) is 2.69. The van der Waals surface area contributed by atoms with Crippen LogP contribution in [0, 0.1) is 5.82 Å². The number of pyridine rings is 1. The Kier molecular flexibility index (Phi) is 4.29. The second-order valence-electron chi connectivity index (χ2n) is 4.86. The number of rotatable bonds is 4. The third-order valence-corrected chi connectivity index (χ3v) is 4.83. The van der Waals surface area contributed by atoms with Crippen LogP contribution < -0.4 is 10.6 Å². The van der Waals surface area contributed by atoms with Gasteiger partial charge in [0.15, 0.2) is 11.6 Å². The molecule has 2 N–H and O–H groups in total. The molecular formula is C13H18FN3OS. The van der Waals surface area contributed by atoms with Crippen LogP contribution in [0.2, 0.25) is 0 Å². The van der Waals surface area contributed by atoms with Crippen LogP contribution in [0.5, 0.6) is 0 Å². The van der Waals surface area contributed by atoms with Crippen molar-refractivity contribution in [3.05, 3.63) is 23.6 Å². The van der Waals surface area contributed by atoms with Crippen molar-refractivity contribution >= 4 is 23.5 Å². The molecule has 4 nitrogen and oxygen atoms in total. The fourth-order valence-corrected chi connectivity index (χ4v) is 3.38. The van der Waals surface area contributed by atoms with E-state index in [0.717, 1.165) is 12.2 Å². The molecular weight excluding hydrogens is 265 g/mol. The summed E-state index contributed by atoms with van der Waals surface area (Å²) in [4.78, 5) is 15.8. The van der Waals surface area contributed by atoms with Crippen molar-refractivity contribution in [1.29, 1.82) is 0 Å². The van der Waals surface area contributed by atoms with Gasteiger partial charge in [-0.25, -0.2) is 9.37 Å². The highest BCUT2D eigenvalue weighted by Gasteiger charge is 2.30. The van der Waals surface area contributed by atoms with E-state index < -0.39 is 5.82 Å². The number of nitrogens with zero attached hydrogens (tertiary/aromatic N) is 1. The Labute approximate surface area is 116 Å². The largest absolute Gasteiger partial charge is 0.371 e. The predicted molar refractivity (Wildman–Crippen MR) is 76.2 cm³/mol. The zero-order valence-electron chi connectivity index (χ0n) is 11.1. The number of carbonyl (C=O) groups is 1. The molecule has 0 bridgehead atoms. The van der Waals surface area contributed by atoms with Gasteiger partial charge in [0.05, 0.1) is 5.56 Å². The summed E-state index contributed by atoms with van der Waals surface area (Å²) < 4.78 is 14.0. The molecule has 1 aromatic rings. The average Bonchev–Trinajstić information content (AvgIpc) is 2.84. The van der Waals surface area contributed by atoms with Crippen LogP contribution >= 0.6 is 11.8 Å². The summed E-state index contributed by atoms with van der Waals surface area (Å²) in [5.74, 6) is 0.228. The number of hydrogen-bond acceptors (Lipinski definition) is 4. The number of aromatic nitrogens is 1. The van der Waals surface area contributed by atoms with Gasteiger partial charge in [-0.2, -0.15) is 11.8 Å². The summed E-state index contributed by atoms with van der Waals surface area (Å²) in [7, 11) is 1.57. The lowest BCUT2D eigenvalue weighted by Gasteiger charge is -2.22. The van der Waals surface area contributed by atoms with Gasteiger partial charge in [-0.3, -0.25) is 4.79 Å². The monoisotopic (exact) mass is 283 g/mol. The molecule has 2 heterocycles. The lowest BCUT2D eigenvalue weighted by molar-refractivity contribution is 0.0946. The maximum atomic E-state index is 13.9. The van der Waals surface area contributed by atoms with Crippen LogP contribution in [0.4, 0.5) is 10.2 Å². The first-order valence-electron chi connectivity index (χ1n) is 6.30. The first-order valence-corrected chi connectivity index (χ1v) is 7.29. The Hall–Kier alpha value is -1.30. The molecule has 0 radical (unpaired) electrons. The third-order valence-electron chi connectivity index (χ3n) is 3.29. The van der Waals surface area contributed by atoms with E-state index in [-0.39, 0.29) is 22.0 Å². The number of carbonyl (C=O) groups excluding carboxylic acids is 1. The number of amides is 1. The van der Waals surface area contributed by atoms with E-state index in [9.17, 15) is 9.18 Å². The van der Waals surface area contributed by atoms with Crippen molar-refractivity contribution in [3.8, 4) is 0 Å². The van der Waals surface area contributed by atoms with Crippen molar-refractivity contribution in [1.82, 2.24) is 10.3 Å². The molecule has 19 heavy (non-hydrogen) atoms. The molecule has 1 aromatic heterocycles. The second kappa shape index (κ2) is 5.77. The van der Waals surface area contributed by atoms with Crippen LogP contribution in [0.15, 0.2) is 12.3 Å². The SMILES string of the molecule is CNc1nccc(C(=O)NCC2(C)CCCS2)c1F. The molecule has 1 aliphatic heterocycles. The number of hydrogen-bond donors (Lipinski definition) is 2. The van der Waals surface area contributed by atoms with E-state index in [2.05, 4.69) is 22.5 Å². The molecule has 1 aliphatic rings. The van der Waals surface area contributed by atoms with Crippen molar-refractivity contribution in [3.63, 3.8) is 0 Å². The van der Waals surface area contributed by atoms with Crippen molar-refractivity contribution in [2.45, 2.75) is 24.5 Å². The van der Waals surface area contributed by atoms with Crippen LogP contribution in [0.3, 0.4) is 0 Å². The predicted octanol–water partition coefficient (Wildman–Crippen LogP) is 2.28. The van der Waals surface area contributed by atoms with Gasteiger partial charge in [0.2, 0.25) is 0 Å². The van der Waals surface area contributed by atoms with Gasteiger partial charge in [-0.1, -0.05) is 0 Å². The Morgan fingerprint density at radius 2 is 2.42 bits per heavy atom. The molecule has 0 spiro atoms. The molecule has 0 saturated carbocycles. The Balaban J connectivity index is 2.04. The normalized spacial score (nSPS) is 22.3. The van der Waals surface area contributed by atoms with Crippen LogP contribution in [0.25, 0.3) is 0 Å².